The average molecular weight is 439 g/mol. The second-order valence-corrected chi connectivity index (χ2v) is 9.27. The van der Waals surface area contributed by atoms with Gasteiger partial charge in [-0.05, 0) is 54.4 Å². The maximum atomic E-state index is 13.0. The van der Waals surface area contributed by atoms with Crippen LogP contribution in [-0.4, -0.2) is 34.4 Å². The van der Waals surface area contributed by atoms with E-state index in [0.29, 0.717) is 27.7 Å². The molecule has 2 aliphatic rings. The highest BCUT2D eigenvalue weighted by molar-refractivity contribution is 7.12. The summed E-state index contributed by atoms with van der Waals surface area (Å²) >= 11 is 1.30. The lowest BCUT2D eigenvalue weighted by molar-refractivity contribution is -0.121. The number of H-pyrrole nitrogens is 1. The number of hydrogen-bond acceptors (Lipinski definition) is 6. The number of fused-ring (bicyclic) bond motifs is 1. The topological polar surface area (TPSA) is 97.0 Å². The van der Waals surface area contributed by atoms with E-state index in [1.165, 1.54) is 30.8 Å². The summed E-state index contributed by atoms with van der Waals surface area (Å²) in [6.45, 7) is 0. The van der Waals surface area contributed by atoms with Crippen molar-refractivity contribution in [1.29, 1.82) is 0 Å². The zero-order valence-corrected chi connectivity index (χ0v) is 18.6. The first kappa shape index (κ1) is 20.2. The fourth-order valence-electron chi connectivity index (χ4n) is 4.84. The molecular formula is C23H26N4O3S. The van der Waals surface area contributed by atoms with Crippen molar-refractivity contribution in [2.75, 3.05) is 14.2 Å². The third-order valence-electron chi connectivity index (χ3n) is 6.65. The first-order valence-corrected chi connectivity index (χ1v) is 11.7. The molecule has 2 saturated carbocycles. The van der Waals surface area contributed by atoms with Crippen molar-refractivity contribution < 1.29 is 9.53 Å². The molecule has 0 spiro atoms. The summed E-state index contributed by atoms with van der Waals surface area (Å²) in [6, 6.07) is 5.86. The van der Waals surface area contributed by atoms with Gasteiger partial charge in [-0.25, -0.2) is 4.98 Å². The summed E-state index contributed by atoms with van der Waals surface area (Å²) in [5.74, 6) is 1.78. The summed E-state index contributed by atoms with van der Waals surface area (Å²) < 4.78 is 10.2. The Labute approximate surface area is 184 Å². The van der Waals surface area contributed by atoms with Crippen molar-refractivity contribution in [1.82, 2.24) is 19.7 Å². The number of methoxy groups -OCH3 is 1. The standard InChI is InChI=1S/C23H26N4O3S/c1-24-21(28)16-11-15(16)13-8-9-14(17(10-13)30-2)20-25-22(29)18-19(27-31-23(18)26-20)12-6-4-3-5-7-12/h8-10,12,15-16H,3-7,11H2,1-2H3,(H,24,28)(H,25,26,29)/t15-,16+/m1/s1. The predicted molar refractivity (Wildman–Crippen MR) is 121 cm³/mol. The van der Waals surface area contributed by atoms with Crippen LogP contribution in [0.4, 0.5) is 0 Å². The summed E-state index contributed by atoms with van der Waals surface area (Å²) in [6.07, 6.45) is 6.67. The van der Waals surface area contributed by atoms with Gasteiger partial charge in [0.25, 0.3) is 5.56 Å². The maximum absolute atomic E-state index is 13.0. The van der Waals surface area contributed by atoms with Gasteiger partial charge in [-0.2, -0.15) is 4.37 Å². The van der Waals surface area contributed by atoms with E-state index in [4.69, 9.17) is 9.72 Å². The van der Waals surface area contributed by atoms with Crippen molar-refractivity contribution in [2.24, 2.45) is 5.92 Å². The number of nitrogens with zero attached hydrogens (tertiary/aromatic N) is 2. The van der Waals surface area contributed by atoms with Crippen LogP contribution in [-0.2, 0) is 4.79 Å². The number of rotatable bonds is 5. The fourth-order valence-corrected chi connectivity index (χ4v) is 5.68. The highest BCUT2D eigenvalue weighted by atomic mass is 32.1. The molecular weight excluding hydrogens is 412 g/mol. The number of nitrogens with one attached hydrogen (secondary N) is 2. The molecule has 3 aromatic rings. The van der Waals surface area contributed by atoms with Gasteiger partial charge in [0.15, 0.2) is 4.83 Å². The number of amides is 1. The van der Waals surface area contributed by atoms with Crippen LogP contribution in [0.2, 0.25) is 0 Å². The lowest BCUT2D eigenvalue weighted by atomic mass is 9.86. The largest absolute Gasteiger partial charge is 0.496 e. The first-order valence-electron chi connectivity index (χ1n) is 10.9. The summed E-state index contributed by atoms with van der Waals surface area (Å²) in [7, 11) is 3.27. The third kappa shape index (κ3) is 3.63. The van der Waals surface area contributed by atoms with Crippen molar-refractivity contribution in [3.05, 3.63) is 39.8 Å². The molecule has 162 valence electrons. The molecule has 0 bridgehead atoms. The normalized spacial score (nSPS) is 21.2. The monoisotopic (exact) mass is 438 g/mol. The number of aromatic nitrogens is 3. The van der Waals surface area contributed by atoms with E-state index >= 15 is 0 Å². The lowest BCUT2D eigenvalue weighted by Gasteiger charge is -2.19. The van der Waals surface area contributed by atoms with E-state index in [1.54, 1.807) is 14.2 Å². The molecule has 2 aromatic heterocycles. The molecule has 5 rings (SSSR count). The molecule has 0 radical (unpaired) electrons. The molecule has 2 atom stereocenters. The number of ether oxygens (including phenoxy) is 1. The lowest BCUT2D eigenvalue weighted by Crippen LogP contribution is -2.20. The van der Waals surface area contributed by atoms with Crippen LogP contribution < -0.4 is 15.6 Å². The molecule has 2 heterocycles. The van der Waals surface area contributed by atoms with Crippen molar-refractivity contribution >= 4 is 27.7 Å². The molecule has 0 unspecified atom stereocenters. The quantitative estimate of drug-likeness (QED) is 0.629. The summed E-state index contributed by atoms with van der Waals surface area (Å²) in [5.41, 5.74) is 2.57. The number of carbonyl (C=O) groups excluding carboxylic acids is 1. The molecule has 2 N–H and O–H groups in total. The van der Waals surface area contributed by atoms with Crippen molar-refractivity contribution in [3.8, 4) is 17.1 Å². The molecule has 1 aromatic carbocycles. The first-order chi connectivity index (χ1) is 15.1. The van der Waals surface area contributed by atoms with Crippen molar-refractivity contribution in [2.45, 2.75) is 50.4 Å². The molecule has 2 fully saturated rings. The van der Waals surface area contributed by atoms with Gasteiger partial charge in [0.2, 0.25) is 5.91 Å². The van der Waals surface area contributed by atoms with E-state index in [9.17, 15) is 9.59 Å². The number of aromatic amines is 1. The van der Waals surface area contributed by atoms with Gasteiger partial charge >= 0.3 is 0 Å². The maximum Gasteiger partial charge on any atom is 0.261 e. The highest BCUT2D eigenvalue weighted by Crippen LogP contribution is 2.49. The van der Waals surface area contributed by atoms with E-state index in [-0.39, 0.29) is 23.3 Å². The van der Waals surface area contributed by atoms with Gasteiger partial charge in [-0.3, -0.25) is 9.59 Å². The van der Waals surface area contributed by atoms with Crippen molar-refractivity contribution in [3.63, 3.8) is 0 Å². The van der Waals surface area contributed by atoms with E-state index < -0.39 is 0 Å². The van der Waals surface area contributed by atoms with Crippen LogP contribution in [0, 0.1) is 5.92 Å². The number of hydrogen-bond donors (Lipinski definition) is 2. The minimum Gasteiger partial charge on any atom is -0.496 e. The van der Waals surface area contributed by atoms with Gasteiger partial charge in [0, 0.05) is 18.9 Å². The Morgan fingerprint density at radius 2 is 2.06 bits per heavy atom. The van der Waals surface area contributed by atoms with Gasteiger partial charge in [0.1, 0.15) is 17.0 Å². The molecule has 8 heteroatoms. The number of carbonyl (C=O) groups is 1. The Bertz CT molecular complexity index is 1200. The second kappa shape index (κ2) is 8.07. The molecule has 0 saturated heterocycles. The smallest absolute Gasteiger partial charge is 0.261 e. The molecule has 2 aliphatic carbocycles. The Morgan fingerprint density at radius 3 is 2.81 bits per heavy atom. The Balaban J connectivity index is 1.49. The highest BCUT2D eigenvalue weighted by Gasteiger charge is 2.43. The van der Waals surface area contributed by atoms with E-state index in [0.717, 1.165) is 36.1 Å². The zero-order chi connectivity index (χ0) is 21.5. The van der Waals surface area contributed by atoms with Crippen LogP contribution >= 0.6 is 11.5 Å². The summed E-state index contributed by atoms with van der Waals surface area (Å²) in [4.78, 5) is 33.3. The minimum absolute atomic E-state index is 0.0187. The van der Waals surface area contributed by atoms with Crippen LogP contribution in [0.5, 0.6) is 5.75 Å². The summed E-state index contributed by atoms with van der Waals surface area (Å²) in [5, 5.41) is 3.36. The van der Waals surface area contributed by atoms with Crippen LogP contribution in [0.3, 0.4) is 0 Å². The molecule has 0 aliphatic heterocycles. The second-order valence-electron chi connectivity index (χ2n) is 8.52. The van der Waals surface area contributed by atoms with Crippen LogP contribution in [0.1, 0.15) is 61.6 Å². The average Bonchev–Trinajstić information content (AvgIpc) is 3.50. The zero-order valence-electron chi connectivity index (χ0n) is 17.7. The SMILES string of the molecule is CNC(=O)[C@H]1C[C@@H]1c1ccc(-c2nc3snc(C4CCCCC4)c3c(=O)[nH]2)c(OC)c1. The Morgan fingerprint density at radius 1 is 1.26 bits per heavy atom. The Hall–Kier alpha value is -2.74. The third-order valence-corrected chi connectivity index (χ3v) is 7.40. The Kier molecular flexibility index (Phi) is 5.25. The van der Waals surface area contributed by atoms with Crippen LogP contribution in [0.15, 0.2) is 23.0 Å². The van der Waals surface area contributed by atoms with Crippen LogP contribution in [0.25, 0.3) is 21.6 Å². The van der Waals surface area contributed by atoms with Gasteiger partial charge < -0.3 is 15.0 Å². The molecule has 1 amide bonds. The predicted octanol–water partition coefficient (Wildman–Crippen LogP) is 3.95. The van der Waals surface area contributed by atoms with E-state index in [1.807, 2.05) is 18.2 Å². The fraction of sp³-hybridized carbons (Fsp3) is 0.478. The van der Waals surface area contributed by atoms with Gasteiger partial charge in [0.05, 0.1) is 18.4 Å². The van der Waals surface area contributed by atoms with Gasteiger partial charge in [-0.1, -0.05) is 25.3 Å². The van der Waals surface area contributed by atoms with Gasteiger partial charge in [-0.15, -0.1) is 0 Å². The minimum atomic E-state index is -0.137. The van der Waals surface area contributed by atoms with E-state index in [2.05, 4.69) is 14.7 Å². The molecule has 31 heavy (non-hydrogen) atoms. The number of benzene rings is 1. The molecule has 7 nitrogen and oxygen atoms in total.